The Morgan fingerprint density at radius 2 is 1.69 bits per heavy atom. The smallest absolute Gasteiger partial charge is 0.416 e. The monoisotopic (exact) mass is 545 g/mol. The molecule has 1 aromatic heterocycles. The van der Waals surface area contributed by atoms with Gasteiger partial charge in [-0.25, -0.2) is 4.79 Å². The van der Waals surface area contributed by atoms with Gasteiger partial charge in [0.05, 0.1) is 23.5 Å². The first-order valence-corrected chi connectivity index (χ1v) is 12.8. The van der Waals surface area contributed by atoms with Gasteiger partial charge in [0.25, 0.3) is 11.8 Å². The van der Waals surface area contributed by atoms with Crippen LogP contribution < -0.4 is 4.74 Å². The number of rotatable bonds is 7. The number of carbonyl (C=O) groups excluding carboxylic acids is 3. The molecule has 2 heterocycles. The van der Waals surface area contributed by atoms with Gasteiger partial charge in [-0.05, 0) is 69.4 Å². The quantitative estimate of drug-likeness (QED) is 0.253. The first-order chi connectivity index (χ1) is 18.4. The average molecular weight is 546 g/mol. The summed E-state index contributed by atoms with van der Waals surface area (Å²) in [6, 6.07) is 5.71. The molecule has 4 rings (SSSR count). The summed E-state index contributed by atoms with van der Waals surface area (Å²) in [4.78, 5) is 44.5. The molecule has 1 saturated carbocycles. The summed E-state index contributed by atoms with van der Waals surface area (Å²) in [6.07, 6.45) is 0.154. The van der Waals surface area contributed by atoms with Crippen molar-refractivity contribution >= 4 is 23.6 Å². The molecule has 2 aromatic rings. The number of pyridine rings is 1. The molecule has 39 heavy (non-hydrogen) atoms. The number of urea groups is 1. The number of nitrogens with zero attached hydrogens (tertiary/aromatic N) is 3. The summed E-state index contributed by atoms with van der Waals surface area (Å²) < 4.78 is 52.7. The number of benzene rings is 1. The molecular weight excluding hydrogens is 515 g/mol. The number of alkyl halides is 3. The largest absolute Gasteiger partial charge is 0.490 e. The molecule has 1 aliphatic heterocycles. The zero-order valence-corrected chi connectivity index (χ0v) is 22.2. The summed E-state index contributed by atoms with van der Waals surface area (Å²) in [6.45, 7) is 3.61. The number of hydrogen-bond acceptors (Lipinski definition) is 6. The second-order valence-electron chi connectivity index (χ2n) is 9.75. The second kappa shape index (κ2) is 11.1. The second-order valence-corrected chi connectivity index (χ2v) is 9.75. The lowest BCUT2D eigenvalue weighted by Crippen LogP contribution is -2.53. The molecule has 0 N–H and O–H groups in total. The lowest BCUT2D eigenvalue weighted by Gasteiger charge is -2.31. The predicted octanol–water partition coefficient (Wildman–Crippen LogP) is 5.67. The third-order valence-electron chi connectivity index (χ3n) is 6.89. The topological polar surface area (TPSA) is 89.0 Å². The maximum Gasteiger partial charge on any atom is 0.416 e. The molecule has 0 radical (unpaired) electrons. The summed E-state index contributed by atoms with van der Waals surface area (Å²) in [7, 11) is 2.51. The van der Waals surface area contributed by atoms with Crippen molar-refractivity contribution in [2.24, 2.45) is 0 Å². The SMILES string of the molecule is CC[C@@H](C)OC(=C1C(=O)N(C)C(=O)N(C)C1=O)c1cc(OC2CCCC2)cc(-c2cc(C(F)(F)F)ccn2)c1. The van der Waals surface area contributed by atoms with Crippen LogP contribution in [0, 0.1) is 0 Å². The van der Waals surface area contributed by atoms with Crippen molar-refractivity contribution in [3.63, 3.8) is 0 Å². The molecule has 2 fully saturated rings. The predicted molar refractivity (Wildman–Crippen MR) is 136 cm³/mol. The Bertz CT molecular complexity index is 1290. The van der Waals surface area contributed by atoms with Gasteiger partial charge in [-0.1, -0.05) is 6.92 Å². The van der Waals surface area contributed by atoms with E-state index in [1.165, 1.54) is 20.2 Å². The number of likely N-dealkylation sites (N-methyl/N-ethyl adjacent to an activating group) is 2. The number of barbiturate groups is 1. The van der Waals surface area contributed by atoms with Gasteiger partial charge in [0, 0.05) is 31.4 Å². The van der Waals surface area contributed by atoms with Crippen LogP contribution in [0.25, 0.3) is 17.0 Å². The zero-order valence-electron chi connectivity index (χ0n) is 22.2. The van der Waals surface area contributed by atoms with E-state index in [1.54, 1.807) is 19.1 Å². The number of hydrogen-bond donors (Lipinski definition) is 0. The third-order valence-corrected chi connectivity index (χ3v) is 6.89. The Hall–Kier alpha value is -3.89. The van der Waals surface area contributed by atoms with Crippen LogP contribution in [0.4, 0.5) is 18.0 Å². The summed E-state index contributed by atoms with van der Waals surface area (Å²) in [5.74, 6) is -1.44. The molecule has 11 heteroatoms. The molecule has 1 aromatic carbocycles. The minimum absolute atomic E-state index is 0.0292. The van der Waals surface area contributed by atoms with Crippen molar-refractivity contribution in [1.29, 1.82) is 0 Å². The van der Waals surface area contributed by atoms with Gasteiger partial charge in [0.2, 0.25) is 0 Å². The highest BCUT2D eigenvalue weighted by Gasteiger charge is 2.41. The fourth-order valence-electron chi connectivity index (χ4n) is 4.49. The maximum absolute atomic E-state index is 13.5. The molecule has 1 aliphatic carbocycles. The van der Waals surface area contributed by atoms with Crippen molar-refractivity contribution in [2.45, 2.75) is 64.3 Å². The van der Waals surface area contributed by atoms with Crippen LogP contribution in [0.2, 0.25) is 0 Å². The molecule has 0 spiro atoms. The highest BCUT2D eigenvalue weighted by atomic mass is 19.4. The molecule has 208 valence electrons. The molecule has 0 unspecified atom stereocenters. The van der Waals surface area contributed by atoms with E-state index in [9.17, 15) is 27.6 Å². The highest BCUT2D eigenvalue weighted by molar-refractivity contribution is 6.31. The lowest BCUT2D eigenvalue weighted by atomic mass is 9.99. The Morgan fingerprint density at radius 1 is 1.05 bits per heavy atom. The van der Waals surface area contributed by atoms with E-state index in [1.807, 2.05) is 6.92 Å². The zero-order chi connectivity index (χ0) is 28.5. The van der Waals surface area contributed by atoms with Crippen molar-refractivity contribution in [3.8, 4) is 17.0 Å². The van der Waals surface area contributed by atoms with E-state index < -0.39 is 35.7 Å². The number of halogens is 3. The number of amides is 4. The summed E-state index contributed by atoms with van der Waals surface area (Å²) in [5.41, 5.74) is -0.675. The molecular formula is C28H30F3N3O5. The number of carbonyl (C=O) groups is 3. The standard InChI is InChI=1S/C28H30F3N3O5/c1-5-16(2)38-24(23-25(35)33(3)27(37)34(4)26(23)36)18-12-17(13-21(14-18)39-20-8-6-7-9-20)22-15-19(10-11-32-22)28(29,30)31/h10-16,20H,5-9H2,1-4H3/t16-/m1/s1. The summed E-state index contributed by atoms with van der Waals surface area (Å²) >= 11 is 0. The minimum atomic E-state index is -4.58. The third kappa shape index (κ3) is 5.91. The normalized spacial score (nSPS) is 17.6. The molecule has 2 aliphatic rings. The van der Waals surface area contributed by atoms with Crippen LogP contribution in [0.3, 0.4) is 0 Å². The Labute approximate surface area is 224 Å². The van der Waals surface area contributed by atoms with E-state index >= 15 is 0 Å². The van der Waals surface area contributed by atoms with Crippen molar-refractivity contribution in [2.75, 3.05) is 14.1 Å². The van der Waals surface area contributed by atoms with Gasteiger partial charge in [0.15, 0.2) is 0 Å². The van der Waals surface area contributed by atoms with Gasteiger partial charge in [-0.15, -0.1) is 0 Å². The van der Waals surface area contributed by atoms with E-state index in [4.69, 9.17) is 9.47 Å². The van der Waals surface area contributed by atoms with Crippen molar-refractivity contribution in [1.82, 2.24) is 14.8 Å². The van der Waals surface area contributed by atoms with Crippen LogP contribution in [0.15, 0.2) is 42.1 Å². The van der Waals surface area contributed by atoms with Gasteiger partial charge in [0.1, 0.15) is 17.1 Å². The van der Waals surface area contributed by atoms with E-state index in [-0.39, 0.29) is 34.3 Å². The Balaban J connectivity index is 1.94. The molecule has 1 atom stereocenters. The number of ether oxygens (including phenoxy) is 2. The highest BCUT2D eigenvalue weighted by Crippen LogP contribution is 2.37. The minimum Gasteiger partial charge on any atom is -0.490 e. The maximum atomic E-state index is 13.5. The fourth-order valence-corrected chi connectivity index (χ4v) is 4.49. The van der Waals surface area contributed by atoms with Gasteiger partial charge in [-0.3, -0.25) is 24.4 Å². The number of aromatic nitrogens is 1. The van der Waals surface area contributed by atoms with Crippen molar-refractivity contribution in [3.05, 3.63) is 53.2 Å². The van der Waals surface area contributed by atoms with Crippen LogP contribution in [-0.4, -0.2) is 58.9 Å². The van der Waals surface area contributed by atoms with Gasteiger partial charge >= 0.3 is 12.2 Å². The molecule has 1 saturated heterocycles. The van der Waals surface area contributed by atoms with Crippen LogP contribution >= 0.6 is 0 Å². The first-order valence-electron chi connectivity index (χ1n) is 12.8. The first kappa shape index (κ1) is 28.1. The van der Waals surface area contributed by atoms with Crippen molar-refractivity contribution < 1.29 is 37.0 Å². The van der Waals surface area contributed by atoms with E-state index in [2.05, 4.69) is 4.98 Å². The fraction of sp³-hybridized carbons (Fsp3) is 0.429. The van der Waals surface area contributed by atoms with Gasteiger partial charge < -0.3 is 9.47 Å². The molecule has 0 bridgehead atoms. The summed E-state index contributed by atoms with van der Waals surface area (Å²) in [5, 5.41) is 0. The Kier molecular flexibility index (Phi) is 7.99. The Morgan fingerprint density at radius 3 is 2.28 bits per heavy atom. The molecule has 8 nitrogen and oxygen atoms in total. The van der Waals surface area contributed by atoms with Crippen LogP contribution in [-0.2, 0) is 20.5 Å². The van der Waals surface area contributed by atoms with Gasteiger partial charge in [-0.2, -0.15) is 13.2 Å². The average Bonchev–Trinajstić information content (AvgIpc) is 3.42. The van der Waals surface area contributed by atoms with Crippen LogP contribution in [0.1, 0.15) is 57.1 Å². The van der Waals surface area contributed by atoms with Crippen LogP contribution in [0.5, 0.6) is 5.75 Å². The van der Waals surface area contributed by atoms with E-state index in [0.717, 1.165) is 53.8 Å². The number of imide groups is 2. The lowest BCUT2D eigenvalue weighted by molar-refractivity contribution is -0.138. The van der Waals surface area contributed by atoms with E-state index in [0.29, 0.717) is 12.2 Å². The molecule has 4 amide bonds.